The van der Waals surface area contributed by atoms with Gasteiger partial charge in [0.2, 0.25) is 11.9 Å². The molecule has 0 bridgehead atoms. The standard InChI is InChI=1S/C19H27N7O2/c1-13-6-9-26(22-13)12-16(27)25-8-7-14(11-25)17-15(18(28)23(2)3)10-20-19(21-17)24(4)5/h6,9-10,14H,7-8,11-12H2,1-5H3. The van der Waals surface area contributed by atoms with E-state index in [0.29, 0.717) is 30.3 Å². The smallest absolute Gasteiger partial charge is 0.256 e. The summed E-state index contributed by atoms with van der Waals surface area (Å²) in [5, 5.41) is 4.28. The van der Waals surface area contributed by atoms with Crippen LogP contribution in [0, 0.1) is 6.92 Å². The highest BCUT2D eigenvalue weighted by Gasteiger charge is 2.32. The van der Waals surface area contributed by atoms with E-state index in [-0.39, 0.29) is 24.3 Å². The molecule has 0 saturated carbocycles. The Morgan fingerprint density at radius 3 is 2.61 bits per heavy atom. The SMILES string of the molecule is Cc1ccn(CC(=O)N2CCC(c3nc(N(C)C)ncc3C(=O)N(C)C)C2)n1. The molecule has 3 heterocycles. The highest BCUT2D eigenvalue weighted by Crippen LogP contribution is 2.29. The molecule has 1 aliphatic heterocycles. The minimum absolute atomic E-state index is 0.00362. The van der Waals surface area contributed by atoms with Gasteiger partial charge in [-0.05, 0) is 19.4 Å². The number of hydrogen-bond acceptors (Lipinski definition) is 6. The van der Waals surface area contributed by atoms with E-state index < -0.39 is 0 Å². The van der Waals surface area contributed by atoms with Gasteiger partial charge >= 0.3 is 0 Å². The van der Waals surface area contributed by atoms with Gasteiger partial charge in [-0.3, -0.25) is 14.3 Å². The number of carbonyl (C=O) groups excluding carboxylic acids is 2. The molecular weight excluding hydrogens is 358 g/mol. The van der Waals surface area contributed by atoms with Gasteiger partial charge < -0.3 is 14.7 Å². The number of anilines is 1. The Kier molecular flexibility index (Phi) is 5.62. The predicted molar refractivity (Wildman–Crippen MR) is 105 cm³/mol. The molecule has 9 nitrogen and oxygen atoms in total. The lowest BCUT2D eigenvalue weighted by atomic mass is 9.99. The molecular formula is C19H27N7O2. The van der Waals surface area contributed by atoms with Crippen LogP contribution in [0.15, 0.2) is 18.5 Å². The molecule has 9 heteroatoms. The minimum atomic E-state index is -0.128. The molecule has 0 radical (unpaired) electrons. The van der Waals surface area contributed by atoms with Crippen molar-refractivity contribution in [3.05, 3.63) is 35.4 Å². The van der Waals surface area contributed by atoms with E-state index in [1.54, 1.807) is 25.0 Å². The maximum Gasteiger partial charge on any atom is 0.256 e. The fourth-order valence-electron chi connectivity index (χ4n) is 3.32. The fourth-order valence-corrected chi connectivity index (χ4v) is 3.32. The van der Waals surface area contributed by atoms with Crippen molar-refractivity contribution in [1.29, 1.82) is 0 Å². The topological polar surface area (TPSA) is 87.5 Å². The number of likely N-dealkylation sites (tertiary alicyclic amines) is 1. The molecule has 2 aromatic heterocycles. The van der Waals surface area contributed by atoms with Crippen LogP contribution in [-0.2, 0) is 11.3 Å². The summed E-state index contributed by atoms with van der Waals surface area (Å²) in [5.74, 6) is 0.455. The maximum absolute atomic E-state index is 12.7. The molecule has 1 saturated heterocycles. The average Bonchev–Trinajstić information content (AvgIpc) is 3.29. The van der Waals surface area contributed by atoms with Crippen LogP contribution in [0.1, 0.15) is 34.1 Å². The molecule has 150 valence electrons. The van der Waals surface area contributed by atoms with Crippen molar-refractivity contribution in [2.45, 2.75) is 25.8 Å². The van der Waals surface area contributed by atoms with Crippen molar-refractivity contribution in [3.63, 3.8) is 0 Å². The first-order chi connectivity index (χ1) is 13.3. The Morgan fingerprint density at radius 2 is 2.00 bits per heavy atom. The molecule has 1 unspecified atom stereocenters. The lowest BCUT2D eigenvalue weighted by Gasteiger charge is -2.20. The number of rotatable bonds is 5. The second kappa shape index (κ2) is 7.95. The third-order valence-electron chi connectivity index (χ3n) is 4.84. The number of carbonyl (C=O) groups is 2. The first kappa shape index (κ1) is 19.8. The first-order valence-corrected chi connectivity index (χ1v) is 9.30. The van der Waals surface area contributed by atoms with Crippen molar-refractivity contribution in [2.75, 3.05) is 46.2 Å². The summed E-state index contributed by atoms with van der Waals surface area (Å²) in [6, 6.07) is 1.88. The zero-order valence-corrected chi connectivity index (χ0v) is 17.1. The van der Waals surface area contributed by atoms with Crippen LogP contribution in [0.2, 0.25) is 0 Å². The summed E-state index contributed by atoms with van der Waals surface area (Å²) in [6.07, 6.45) is 4.17. The van der Waals surface area contributed by atoms with Gasteiger partial charge in [0.05, 0.1) is 17.0 Å². The number of nitrogens with zero attached hydrogens (tertiary/aromatic N) is 7. The molecule has 2 aromatic rings. The molecule has 2 amide bonds. The lowest BCUT2D eigenvalue weighted by molar-refractivity contribution is -0.131. The van der Waals surface area contributed by atoms with Gasteiger partial charge in [-0.15, -0.1) is 0 Å². The van der Waals surface area contributed by atoms with E-state index in [9.17, 15) is 9.59 Å². The van der Waals surface area contributed by atoms with Crippen LogP contribution >= 0.6 is 0 Å². The zero-order chi connectivity index (χ0) is 20.4. The zero-order valence-electron chi connectivity index (χ0n) is 17.1. The summed E-state index contributed by atoms with van der Waals surface area (Å²) in [5.41, 5.74) is 2.09. The highest BCUT2D eigenvalue weighted by atomic mass is 16.2. The molecule has 0 aliphatic carbocycles. The summed E-state index contributed by atoms with van der Waals surface area (Å²) in [4.78, 5) is 39.4. The number of amides is 2. The molecule has 28 heavy (non-hydrogen) atoms. The number of hydrogen-bond donors (Lipinski definition) is 0. The average molecular weight is 385 g/mol. The van der Waals surface area contributed by atoms with Gasteiger partial charge in [-0.1, -0.05) is 0 Å². The monoisotopic (exact) mass is 385 g/mol. The van der Waals surface area contributed by atoms with Crippen LogP contribution < -0.4 is 4.90 Å². The van der Waals surface area contributed by atoms with E-state index in [0.717, 1.165) is 12.1 Å². The van der Waals surface area contributed by atoms with Crippen LogP contribution in [0.3, 0.4) is 0 Å². The van der Waals surface area contributed by atoms with Crippen LogP contribution in [-0.4, -0.2) is 82.6 Å². The second-order valence-corrected chi connectivity index (χ2v) is 7.54. The van der Waals surface area contributed by atoms with Crippen molar-refractivity contribution in [1.82, 2.24) is 29.5 Å². The largest absolute Gasteiger partial charge is 0.347 e. The van der Waals surface area contributed by atoms with Gasteiger partial charge in [0, 0.05) is 59.6 Å². The fraction of sp³-hybridized carbons (Fsp3) is 0.526. The van der Waals surface area contributed by atoms with Crippen molar-refractivity contribution < 1.29 is 9.59 Å². The van der Waals surface area contributed by atoms with Gasteiger partial charge in [0.1, 0.15) is 6.54 Å². The number of aromatic nitrogens is 4. The Balaban J connectivity index is 1.80. The summed E-state index contributed by atoms with van der Waals surface area (Å²) >= 11 is 0. The summed E-state index contributed by atoms with van der Waals surface area (Å²) in [6.45, 7) is 3.29. The third-order valence-corrected chi connectivity index (χ3v) is 4.84. The molecule has 1 fully saturated rings. The third kappa shape index (κ3) is 4.13. The Labute approximate surface area is 165 Å². The van der Waals surface area contributed by atoms with Gasteiger partial charge in [0.25, 0.3) is 5.91 Å². The van der Waals surface area contributed by atoms with Crippen LogP contribution in [0.5, 0.6) is 0 Å². The molecule has 0 aromatic carbocycles. The van der Waals surface area contributed by atoms with Crippen LogP contribution in [0.4, 0.5) is 5.95 Å². The highest BCUT2D eigenvalue weighted by molar-refractivity contribution is 5.95. The Bertz CT molecular complexity index is 875. The summed E-state index contributed by atoms with van der Waals surface area (Å²) in [7, 11) is 7.15. The van der Waals surface area contributed by atoms with E-state index >= 15 is 0 Å². The second-order valence-electron chi connectivity index (χ2n) is 7.54. The van der Waals surface area contributed by atoms with Gasteiger partial charge in [-0.2, -0.15) is 5.10 Å². The molecule has 3 rings (SSSR count). The lowest BCUT2D eigenvalue weighted by Crippen LogP contribution is -2.32. The molecule has 0 N–H and O–H groups in total. The molecule has 0 spiro atoms. The Morgan fingerprint density at radius 1 is 1.25 bits per heavy atom. The van der Waals surface area contributed by atoms with E-state index in [4.69, 9.17) is 0 Å². The quantitative estimate of drug-likeness (QED) is 0.755. The van der Waals surface area contributed by atoms with Crippen molar-refractivity contribution in [3.8, 4) is 0 Å². The van der Waals surface area contributed by atoms with Crippen LogP contribution in [0.25, 0.3) is 0 Å². The van der Waals surface area contributed by atoms with Crippen molar-refractivity contribution >= 4 is 17.8 Å². The maximum atomic E-state index is 12.7. The summed E-state index contributed by atoms with van der Waals surface area (Å²) < 4.78 is 1.65. The van der Waals surface area contributed by atoms with E-state index in [1.807, 2.05) is 43.1 Å². The molecule has 1 atom stereocenters. The predicted octanol–water partition coefficient (Wildman–Crippen LogP) is 0.765. The normalized spacial score (nSPS) is 16.3. The minimum Gasteiger partial charge on any atom is -0.347 e. The Hall–Kier alpha value is -2.97. The van der Waals surface area contributed by atoms with Crippen molar-refractivity contribution in [2.24, 2.45) is 0 Å². The molecule has 1 aliphatic rings. The number of aryl methyl sites for hydroxylation is 1. The van der Waals surface area contributed by atoms with Gasteiger partial charge in [-0.25, -0.2) is 9.97 Å². The van der Waals surface area contributed by atoms with Gasteiger partial charge in [0.15, 0.2) is 0 Å². The first-order valence-electron chi connectivity index (χ1n) is 9.30. The van der Waals surface area contributed by atoms with E-state index in [2.05, 4.69) is 15.1 Å². The van der Waals surface area contributed by atoms with E-state index in [1.165, 1.54) is 4.90 Å².